The maximum Gasteiger partial charge on any atom is 0.291 e. The Hall–Kier alpha value is -2.79. The number of fused-ring (bicyclic) bond motifs is 1. The molecule has 3 aromatic rings. The Morgan fingerprint density at radius 2 is 1.74 bits per heavy atom. The second kappa shape index (κ2) is 6.14. The third-order valence-corrected chi connectivity index (χ3v) is 3.57. The van der Waals surface area contributed by atoms with Crippen LogP contribution in [-0.2, 0) is 0 Å². The fraction of sp³-hybridized carbons (Fsp3) is 0.0588. The van der Waals surface area contributed by atoms with Crippen molar-refractivity contribution in [2.75, 3.05) is 12.4 Å². The third-order valence-electron chi connectivity index (χ3n) is 3.33. The van der Waals surface area contributed by atoms with Crippen LogP contribution in [0.2, 0.25) is 5.02 Å². The maximum atomic E-state index is 12.2. The van der Waals surface area contributed by atoms with Gasteiger partial charge in [-0.1, -0.05) is 11.6 Å². The first kappa shape index (κ1) is 15.1. The lowest BCUT2D eigenvalue weighted by molar-refractivity contribution is 0.0962. The van der Waals surface area contributed by atoms with Crippen LogP contribution in [0, 0.1) is 0 Å². The van der Waals surface area contributed by atoms with Gasteiger partial charge in [-0.25, -0.2) is 0 Å². The standard InChI is InChI=1S/C17H13ClN2O3/c1-19-16(21)10-2-5-13(6-3-10)20-17(22)15-9-11-8-12(18)4-7-14(11)23-15/h2-9H,1H3,(H,19,21)(H,20,22). The van der Waals surface area contributed by atoms with Gasteiger partial charge in [0.05, 0.1) is 0 Å². The molecule has 23 heavy (non-hydrogen) atoms. The fourth-order valence-corrected chi connectivity index (χ4v) is 2.35. The fourth-order valence-electron chi connectivity index (χ4n) is 2.17. The Bertz CT molecular complexity index is 884. The van der Waals surface area contributed by atoms with Crippen LogP contribution >= 0.6 is 11.6 Å². The molecule has 0 fully saturated rings. The first-order valence-corrected chi connectivity index (χ1v) is 7.27. The molecular weight excluding hydrogens is 316 g/mol. The number of rotatable bonds is 3. The molecule has 3 rings (SSSR count). The van der Waals surface area contributed by atoms with Crippen molar-refractivity contribution >= 4 is 40.1 Å². The van der Waals surface area contributed by atoms with Gasteiger partial charge in [-0.15, -0.1) is 0 Å². The van der Waals surface area contributed by atoms with E-state index in [-0.39, 0.29) is 17.6 Å². The lowest BCUT2D eigenvalue weighted by Crippen LogP contribution is -2.17. The normalized spacial score (nSPS) is 10.5. The molecular formula is C17H13ClN2O3. The first-order valence-electron chi connectivity index (χ1n) is 6.89. The molecule has 0 atom stereocenters. The number of hydrogen-bond acceptors (Lipinski definition) is 3. The van der Waals surface area contributed by atoms with Gasteiger partial charge in [-0.3, -0.25) is 9.59 Å². The molecule has 0 bridgehead atoms. The van der Waals surface area contributed by atoms with Crippen LogP contribution in [0.25, 0.3) is 11.0 Å². The summed E-state index contributed by atoms with van der Waals surface area (Å²) in [6.45, 7) is 0. The lowest BCUT2D eigenvalue weighted by atomic mass is 10.2. The molecule has 0 spiro atoms. The number of furan rings is 1. The number of hydrogen-bond donors (Lipinski definition) is 2. The molecule has 116 valence electrons. The van der Waals surface area contributed by atoms with Crippen molar-refractivity contribution in [2.24, 2.45) is 0 Å². The molecule has 0 radical (unpaired) electrons. The summed E-state index contributed by atoms with van der Waals surface area (Å²) < 4.78 is 5.50. The zero-order chi connectivity index (χ0) is 16.4. The number of carbonyl (C=O) groups is 2. The van der Waals surface area contributed by atoms with E-state index < -0.39 is 0 Å². The molecule has 0 aliphatic heterocycles. The SMILES string of the molecule is CNC(=O)c1ccc(NC(=O)c2cc3cc(Cl)ccc3o2)cc1. The molecule has 0 saturated heterocycles. The quantitative estimate of drug-likeness (QED) is 0.770. The van der Waals surface area contributed by atoms with Crippen LogP contribution in [-0.4, -0.2) is 18.9 Å². The van der Waals surface area contributed by atoms with Crippen molar-refractivity contribution in [2.45, 2.75) is 0 Å². The average Bonchev–Trinajstić information content (AvgIpc) is 2.98. The van der Waals surface area contributed by atoms with Crippen molar-refractivity contribution in [3.05, 3.63) is 64.9 Å². The highest BCUT2D eigenvalue weighted by Gasteiger charge is 2.13. The van der Waals surface area contributed by atoms with Gasteiger partial charge in [-0.2, -0.15) is 0 Å². The summed E-state index contributed by atoms with van der Waals surface area (Å²) in [5.41, 5.74) is 1.68. The van der Waals surface area contributed by atoms with Crippen LogP contribution in [0.15, 0.2) is 52.9 Å². The molecule has 0 unspecified atom stereocenters. The van der Waals surface area contributed by atoms with Crippen LogP contribution < -0.4 is 10.6 Å². The molecule has 6 heteroatoms. The molecule has 0 saturated carbocycles. The maximum absolute atomic E-state index is 12.2. The second-order valence-corrected chi connectivity index (χ2v) is 5.34. The third kappa shape index (κ3) is 3.19. The average molecular weight is 329 g/mol. The van der Waals surface area contributed by atoms with E-state index in [2.05, 4.69) is 10.6 Å². The van der Waals surface area contributed by atoms with Crippen molar-refractivity contribution in [3.8, 4) is 0 Å². The Morgan fingerprint density at radius 1 is 1.00 bits per heavy atom. The predicted octanol–water partition coefficient (Wildman–Crippen LogP) is 3.70. The van der Waals surface area contributed by atoms with E-state index >= 15 is 0 Å². The van der Waals surface area contributed by atoms with Gasteiger partial charge < -0.3 is 15.1 Å². The summed E-state index contributed by atoms with van der Waals surface area (Å²) >= 11 is 5.91. The minimum atomic E-state index is -0.370. The Morgan fingerprint density at radius 3 is 2.43 bits per heavy atom. The summed E-state index contributed by atoms with van der Waals surface area (Å²) in [4.78, 5) is 23.7. The molecule has 0 aliphatic carbocycles. The number of carbonyl (C=O) groups excluding carboxylic acids is 2. The second-order valence-electron chi connectivity index (χ2n) is 4.90. The van der Waals surface area contributed by atoms with Gasteiger partial charge in [0, 0.05) is 28.7 Å². The molecule has 2 amide bonds. The largest absolute Gasteiger partial charge is 0.451 e. The zero-order valence-corrected chi connectivity index (χ0v) is 13.0. The minimum Gasteiger partial charge on any atom is -0.451 e. The van der Waals surface area contributed by atoms with E-state index in [1.807, 2.05) is 0 Å². The minimum absolute atomic E-state index is 0.183. The Balaban J connectivity index is 1.78. The van der Waals surface area contributed by atoms with Crippen LogP contribution in [0.1, 0.15) is 20.9 Å². The first-order chi connectivity index (χ1) is 11.1. The summed E-state index contributed by atoms with van der Waals surface area (Å²) in [5, 5.41) is 6.60. The van der Waals surface area contributed by atoms with Gasteiger partial charge in [0.1, 0.15) is 5.58 Å². The highest BCUT2D eigenvalue weighted by atomic mass is 35.5. The zero-order valence-electron chi connectivity index (χ0n) is 12.2. The Kier molecular flexibility index (Phi) is 4.04. The summed E-state index contributed by atoms with van der Waals surface area (Å²) in [5.74, 6) is -0.361. The topological polar surface area (TPSA) is 71.3 Å². The molecule has 0 aliphatic rings. The predicted molar refractivity (Wildman–Crippen MR) is 89.0 cm³/mol. The van der Waals surface area contributed by atoms with Gasteiger partial charge in [0.2, 0.25) is 0 Å². The molecule has 1 aromatic heterocycles. The van der Waals surface area contributed by atoms with Crippen LogP contribution in [0.3, 0.4) is 0 Å². The number of anilines is 1. The van der Waals surface area contributed by atoms with E-state index in [4.69, 9.17) is 16.0 Å². The van der Waals surface area contributed by atoms with Crippen LogP contribution in [0.5, 0.6) is 0 Å². The molecule has 2 N–H and O–H groups in total. The summed E-state index contributed by atoms with van der Waals surface area (Å²) in [6.07, 6.45) is 0. The van der Waals surface area contributed by atoms with Gasteiger partial charge in [0.15, 0.2) is 5.76 Å². The number of benzene rings is 2. The number of halogens is 1. The Labute approximate surface area is 137 Å². The number of amides is 2. The molecule has 1 heterocycles. The highest BCUT2D eigenvalue weighted by molar-refractivity contribution is 6.31. The monoisotopic (exact) mass is 328 g/mol. The van der Waals surface area contributed by atoms with E-state index in [1.165, 1.54) is 0 Å². The smallest absolute Gasteiger partial charge is 0.291 e. The van der Waals surface area contributed by atoms with Crippen LogP contribution in [0.4, 0.5) is 5.69 Å². The molecule has 5 nitrogen and oxygen atoms in total. The van der Waals surface area contributed by atoms with E-state index in [0.29, 0.717) is 21.9 Å². The van der Waals surface area contributed by atoms with Crippen molar-refractivity contribution < 1.29 is 14.0 Å². The van der Waals surface area contributed by atoms with E-state index in [0.717, 1.165) is 5.39 Å². The van der Waals surface area contributed by atoms with Gasteiger partial charge in [-0.05, 0) is 48.5 Å². The van der Waals surface area contributed by atoms with Crippen molar-refractivity contribution in [1.29, 1.82) is 0 Å². The van der Waals surface area contributed by atoms with Gasteiger partial charge >= 0.3 is 0 Å². The van der Waals surface area contributed by atoms with Crippen molar-refractivity contribution in [3.63, 3.8) is 0 Å². The van der Waals surface area contributed by atoms with E-state index in [1.54, 1.807) is 55.6 Å². The number of nitrogens with one attached hydrogen (secondary N) is 2. The van der Waals surface area contributed by atoms with Gasteiger partial charge in [0.25, 0.3) is 11.8 Å². The van der Waals surface area contributed by atoms with Crippen molar-refractivity contribution in [1.82, 2.24) is 5.32 Å². The molecule has 2 aromatic carbocycles. The summed E-state index contributed by atoms with van der Waals surface area (Å²) in [6, 6.07) is 13.4. The highest BCUT2D eigenvalue weighted by Crippen LogP contribution is 2.23. The summed E-state index contributed by atoms with van der Waals surface area (Å²) in [7, 11) is 1.56. The van der Waals surface area contributed by atoms with E-state index in [9.17, 15) is 9.59 Å². The lowest BCUT2D eigenvalue weighted by Gasteiger charge is -2.04.